The largest absolute Gasteiger partial charge is 0.298 e. The van der Waals surface area contributed by atoms with Crippen molar-refractivity contribution in [1.82, 2.24) is 9.21 Å². The van der Waals surface area contributed by atoms with Crippen molar-refractivity contribution in [3.63, 3.8) is 0 Å². The summed E-state index contributed by atoms with van der Waals surface area (Å²) in [5, 5.41) is 1.81. The molecule has 1 saturated heterocycles. The number of benzene rings is 1. The van der Waals surface area contributed by atoms with E-state index in [4.69, 9.17) is 0 Å². The van der Waals surface area contributed by atoms with Gasteiger partial charge in [-0.25, -0.2) is 8.42 Å². The summed E-state index contributed by atoms with van der Waals surface area (Å²) in [5.74, 6) is 0. The molecule has 1 unspecified atom stereocenters. The molecule has 1 aromatic heterocycles. The first-order valence-corrected chi connectivity index (χ1v) is 10.2. The second kappa shape index (κ2) is 7.13. The number of hydrogen-bond acceptors (Lipinski definition) is 4. The van der Waals surface area contributed by atoms with E-state index in [1.54, 1.807) is 16.4 Å². The Labute approximate surface area is 142 Å². The van der Waals surface area contributed by atoms with Crippen LogP contribution in [0.5, 0.6) is 0 Å². The summed E-state index contributed by atoms with van der Waals surface area (Å²) in [6.07, 6.45) is 0.999. The molecule has 0 amide bonds. The van der Waals surface area contributed by atoms with Gasteiger partial charge in [-0.3, -0.25) is 4.90 Å². The van der Waals surface area contributed by atoms with E-state index in [0.29, 0.717) is 23.3 Å². The summed E-state index contributed by atoms with van der Waals surface area (Å²) in [4.78, 5) is 2.38. The predicted octanol–water partition coefficient (Wildman–Crippen LogP) is 2.69. The van der Waals surface area contributed by atoms with Crippen LogP contribution < -0.4 is 0 Å². The van der Waals surface area contributed by atoms with Crippen molar-refractivity contribution in [2.75, 3.05) is 26.2 Å². The van der Waals surface area contributed by atoms with Crippen molar-refractivity contribution < 1.29 is 8.42 Å². The van der Waals surface area contributed by atoms with Crippen molar-refractivity contribution in [3.05, 3.63) is 53.4 Å². The second-order valence-electron chi connectivity index (χ2n) is 5.91. The minimum atomic E-state index is -3.30. The lowest BCUT2D eigenvalue weighted by Crippen LogP contribution is -2.51. The Kier molecular flexibility index (Phi) is 5.16. The molecule has 1 aliphatic rings. The van der Waals surface area contributed by atoms with E-state index in [2.05, 4.69) is 36.1 Å². The van der Waals surface area contributed by atoms with Crippen LogP contribution in [0.25, 0.3) is 0 Å². The molecule has 4 nitrogen and oxygen atoms in total. The molecule has 6 heteroatoms. The fourth-order valence-corrected chi connectivity index (χ4v) is 5.57. The van der Waals surface area contributed by atoms with Gasteiger partial charge < -0.3 is 0 Å². The maximum Gasteiger partial charge on any atom is 0.252 e. The number of thiophene rings is 1. The van der Waals surface area contributed by atoms with E-state index in [9.17, 15) is 8.42 Å². The molecular weight excluding hydrogens is 328 g/mol. The third kappa shape index (κ3) is 3.83. The normalized spacial score (nSPS) is 18.8. The lowest BCUT2D eigenvalue weighted by atomic mass is 10.1. The average molecular weight is 351 g/mol. The summed E-state index contributed by atoms with van der Waals surface area (Å²) in [7, 11) is -3.30. The summed E-state index contributed by atoms with van der Waals surface area (Å²) >= 11 is 1.29. The highest BCUT2D eigenvalue weighted by atomic mass is 32.2. The Morgan fingerprint density at radius 1 is 1.04 bits per heavy atom. The average Bonchev–Trinajstić information content (AvgIpc) is 3.11. The van der Waals surface area contributed by atoms with Gasteiger partial charge in [0.05, 0.1) is 0 Å². The van der Waals surface area contributed by atoms with Crippen LogP contribution in [0.1, 0.15) is 12.5 Å². The van der Waals surface area contributed by atoms with Crippen LogP contribution in [-0.4, -0.2) is 49.8 Å². The molecule has 0 spiro atoms. The van der Waals surface area contributed by atoms with E-state index < -0.39 is 10.0 Å². The SMILES string of the molecule is CC(Cc1ccccc1)N1CCN(S(=O)(=O)c2cccs2)CC1. The molecule has 0 aliphatic carbocycles. The van der Waals surface area contributed by atoms with Crippen LogP contribution in [0.3, 0.4) is 0 Å². The molecule has 3 rings (SSSR count). The van der Waals surface area contributed by atoms with Crippen molar-refractivity contribution in [3.8, 4) is 0 Å². The van der Waals surface area contributed by atoms with Crippen LogP contribution >= 0.6 is 11.3 Å². The van der Waals surface area contributed by atoms with Gasteiger partial charge in [0.1, 0.15) is 4.21 Å². The number of rotatable bonds is 5. The summed E-state index contributed by atoms with van der Waals surface area (Å²) in [5.41, 5.74) is 1.33. The third-order valence-corrected chi connectivity index (χ3v) is 7.63. The number of piperazine rings is 1. The predicted molar refractivity (Wildman–Crippen MR) is 94.3 cm³/mol. The maximum absolute atomic E-state index is 12.5. The maximum atomic E-state index is 12.5. The Morgan fingerprint density at radius 3 is 2.35 bits per heavy atom. The Bertz CT molecular complexity index is 706. The fourth-order valence-electron chi connectivity index (χ4n) is 3.01. The highest BCUT2D eigenvalue weighted by Crippen LogP contribution is 2.22. The zero-order valence-electron chi connectivity index (χ0n) is 13.3. The van der Waals surface area contributed by atoms with Crippen molar-refractivity contribution >= 4 is 21.4 Å². The van der Waals surface area contributed by atoms with Gasteiger partial charge in [0, 0.05) is 32.2 Å². The molecule has 1 atom stereocenters. The third-order valence-electron chi connectivity index (χ3n) is 4.36. The van der Waals surface area contributed by atoms with Gasteiger partial charge in [0.2, 0.25) is 0 Å². The Balaban J connectivity index is 1.58. The highest BCUT2D eigenvalue weighted by Gasteiger charge is 2.30. The molecule has 2 aromatic rings. The van der Waals surface area contributed by atoms with Crippen molar-refractivity contribution in [2.24, 2.45) is 0 Å². The van der Waals surface area contributed by atoms with Gasteiger partial charge in [0.15, 0.2) is 0 Å². The molecule has 0 N–H and O–H groups in total. The Morgan fingerprint density at radius 2 is 1.74 bits per heavy atom. The Hall–Kier alpha value is -1.21. The first-order chi connectivity index (χ1) is 11.1. The fraction of sp³-hybridized carbons (Fsp3) is 0.412. The van der Waals surface area contributed by atoms with E-state index >= 15 is 0 Å². The van der Waals surface area contributed by atoms with Gasteiger partial charge in [-0.15, -0.1) is 11.3 Å². The molecule has 1 aliphatic heterocycles. The van der Waals surface area contributed by atoms with Crippen LogP contribution in [0, 0.1) is 0 Å². The number of nitrogens with zero attached hydrogens (tertiary/aromatic N) is 2. The van der Waals surface area contributed by atoms with Crippen LogP contribution in [0.2, 0.25) is 0 Å². The van der Waals surface area contributed by atoms with E-state index in [0.717, 1.165) is 19.5 Å². The number of sulfonamides is 1. The molecule has 1 aromatic carbocycles. The zero-order valence-corrected chi connectivity index (χ0v) is 14.9. The van der Waals surface area contributed by atoms with Crippen LogP contribution in [0.4, 0.5) is 0 Å². The minimum absolute atomic E-state index is 0.420. The number of hydrogen-bond donors (Lipinski definition) is 0. The monoisotopic (exact) mass is 350 g/mol. The van der Waals surface area contributed by atoms with Crippen molar-refractivity contribution in [2.45, 2.75) is 23.6 Å². The first kappa shape index (κ1) is 16.6. The molecule has 0 saturated carbocycles. The lowest BCUT2D eigenvalue weighted by Gasteiger charge is -2.37. The van der Waals surface area contributed by atoms with Crippen LogP contribution in [0.15, 0.2) is 52.1 Å². The molecule has 1 fully saturated rings. The lowest BCUT2D eigenvalue weighted by molar-refractivity contribution is 0.145. The van der Waals surface area contributed by atoms with Crippen molar-refractivity contribution in [1.29, 1.82) is 0 Å². The minimum Gasteiger partial charge on any atom is -0.298 e. The smallest absolute Gasteiger partial charge is 0.252 e. The van der Waals surface area contributed by atoms with Gasteiger partial charge in [-0.1, -0.05) is 36.4 Å². The van der Waals surface area contributed by atoms with E-state index in [1.807, 2.05) is 11.4 Å². The topological polar surface area (TPSA) is 40.6 Å². The quantitative estimate of drug-likeness (QED) is 0.832. The van der Waals surface area contributed by atoms with Gasteiger partial charge in [-0.2, -0.15) is 4.31 Å². The summed E-state index contributed by atoms with van der Waals surface area (Å²) in [6, 6.07) is 14.3. The van der Waals surface area contributed by atoms with E-state index in [-0.39, 0.29) is 0 Å². The van der Waals surface area contributed by atoms with Gasteiger partial charge in [-0.05, 0) is 30.4 Å². The molecule has 124 valence electrons. The van der Waals surface area contributed by atoms with Crippen LogP contribution in [-0.2, 0) is 16.4 Å². The zero-order chi connectivity index (χ0) is 16.3. The summed E-state index contributed by atoms with van der Waals surface area (Å²) < 4.78 is 27.1. The van der Waals surface area contributed by atoms with E-state index in [1.165, 1.54) is 16.9 Å². The second-order valence-corrected chi connectivity index (χ2v) is 9.02. The molecule has 23 heavy (non-hydrogen) atoms. The molecule has 2 heterocycles. The molecule has 0 bridgehead atoms. The van der Waals surface area contributed by atoms with Gasteiger partial charge in [0.25, 0.3) is 10.0 Å². The van der Waals surface area contributed by atoms with Gasteiger partial charge >= 0.3 is 0 Å². The molecular formula is C17H22N2O2S2. The standard InChI is InChI=1S/C17H22N2O2S2/c1-15(14-16-6-3-2-4-7-16)18-9-11-19(12-10-18)23(20,21)17-8-5-13-22-17/h2-8,13,15H,9-12,14H2,1H3. The highest BCUT2D eigenvalue weighted by molar-refractivity contribution is 7.91. The summed E-state index contributed by atoms with van der Waals surface area (Å²) in [6.45, 7) is 4.94. The molecule has 0 radical (unpaired) electrons. The first-order valence-electron chi connectivity index (χ1n) is 7.89.